The van der Waals surface area contributed by atoms with Crippen molar-refractivity contribution in [3.63, 3.8) is 0 Å². The number of fused-ring (bicyclic) bond motifs is 5. The summed E-state index contributed by atoms with van der Waals surface area (Å²) in [4.78, 5) is 0. The lowest BCUT2D eigenvalue weighted by atomic mass is 9.55. The summed E-state index contributed by atoms with van der Waals surface area (Å²) in [5, 5.41) is 7.74. The van der Waals surface area contributed by atoms with Crippen LogP contribution < -0.4 is 9.16 Å². The molecule has 3 aliphatic rings. The van der Waals surface area contributed by atoms with Crippen molar-refractivity contribution in [2.24, 2.45) is 17.3 Å². The van der Waals surface area contributed by atoms with E-state index in [-0.39, 0.29) is 5.04 Å². The molecule has 1 aromatic carbocycles. The number of aryl methyl sites for hydroxylation is 1. The zero-order valence-electron chi connectivity index (χ0n) is 20.6. The Balaban J connectivity index is 1.66. The first-order chi connectivity index (χ1) is 14.5. The van der Waals surface area contributed by atoms with Crippen molar-refractivity contribution in [2.75, 3.05) is 7.11 Å². The Labute approximate surface area is 190 Å². The predicted molar refractivity (Wildman–Crippen MR) is 132 cm³/mol. The fourth-order valence-corrected chi connectivity index (χ4v) is 7.48. The molecule has 2 saturated carbocycles. The SMILES string of the molecule is COc1cc2c(cc1O[Si](C)(C)C(C)(C)C)CCC1C2CCC2(C)C(=CC=N)CCC12. The number of ether oxygens (including phenoxy) is 1. The second-order valence-electron chi connectivity index (χ2n) is 11.8. The van der Waals surface area contributed by atoms with Crippen molar-refractivity contribution in [3.8, 4) is 11.5 Å². The molecule has 0 bridgehead atoms. The lowest BCUT2D eigenvalue weighted by Crippen LogP contribution is -2.44. The normalized spacial score (nSPS) is 31.6. The third-order valence-electron chi connectivity index (χ3n) is 9.31. The molecule has 0 saturated heterocycles. The monoisotopic (exact) mass is 439 g/mol. The van der Waals surface area contributed by atoms with Crippen LogP contribution in [0.5, 0.6) is 11.5 Å². The van der Waals surface area contributed by atoms with Crippen molar-refractivity contribution in [1.82, 2.24) is 0 Å². The molecule has 0 amide bonds. The van der Waals surface area contributed by atoms with E-state index in [1.54, 1.807) is 7.11 Å². The number of hydrogen-bond acceptors (Lipinski definition) is 3. The van der Waals surface area contributed by atoms with E-state index in [4.69, 9.17) is 14.6 Å². The highest BCUT2D eigenvalue weighted by Crippen LogP contribution is 2.63. The average Bonchev–Trinajstić information content (AvgIpc) is 3.03. The van der Waals surface area contributed by atoms with E-state index in [9.17, 15) is 0 Å². The summed E-state index contributed by atoms with van der Waals surface area (Å²) in [6.07, 6.45) is 11.0. The highest BCUT2D eigenvalue weighted by atomic mass is 28.4. The molecule has 1 N–H and O–H groups in total. The molecule has 3 aliphatic carbocycles. The fraction of sp³-hybridized carbons (Fsp3) is 0.667. The minimum absolute atomic E-state index is 0.164. The van der Waals surface area contributed by atoms with E-state index in [2.05, 4.69) is 59.0 Å². The minimum atomic E-state index is -1.92. The van der Waals surface area contributed by atoms with Crippen LogP contribution in [0.2, 0.25) is 18.1 Å². The van der Waals surface area contributed by atoms with Crippen LogP contribution >= 0.6 is 0 Å². The third kappa shape index (κ3) is 3.69. The molecule has 0 spiro atoms. The van der Waals surface area contributed by atoms with E-state index in [0.29, 0.717) is 11.3 Å². The van der Waals surface area contributed by atoms with Crippen molar-refractivity contribution in [1.29, 1.82) is 5.41 Å². The van der Waals surface area contributed by atoms with Gasteiger partial charge in [0.15, 0.2) is 5.75 Å². The lowest BCUT2D eigenvalue weighted by Gasteiger charge is -2.49. The summed E-state index contributed by atoms with van der Waals surface area (Å²) in [5.41, 5.74) is 4.81. The van der Waals surface area contributed by atoms with Gasteiger partial charge in [0.05, 0.1) is 7.11 Å². The van der Waals surface area contributed by atoms with Crippen molar-refractivity contribution in [2.45, 2.75) is 90.3 Å². The van der Waals surface area contributed by atoms with E-state index < -0.39 is 8.32 Å². The Bertz CT molecular complexity index is 897. The van der Waals surface area contributed by atoms with Gasteiger partial charge in [-0.1, -0.05) is 33.3 Å². The van der Waals surface area contributed by atoms with Gasteiger partial charge in [0.25, 0.3) is 8.32 Å². The Morgan fingerprint density at radius 3 is 2.48 bits per heavy atom. The molecule has 1 aromatic rings. The zero-order valence-corrected chi connectivity index (χ0v) is 21.6. The maximum absolute atomic E-state index is 7.58. The molecule has 31 heavy (non-hydrogen) atoms. The summed E-state index contributed by atoms with van der Waals surface area (Å²) >= 11 is 0. The molecule has 0 heterocycles. The van der Waals surface area contributed by atoms with E-state index in [1.807, 2.05) is 0 Å². The Kier molecular flexibility index (Phi) is 5.69. The van der Waals surface area contributed by atoms with Gasteiger partial charge in [0.2, 0.25) is 0 Å². The van der Waals surface area contributed by atoms with Gasteiger partial charge in [-0.3, -0.25) is 0 Å². The topological polar surface area (TPSA) is 42.3 Å². The first kappa shape index (κ1) is 22.6. The summed E-state index contributed by atoms with van der Waals surface area (Å²) in [5.74, 6) is 3.99. The molecule has 4 atom stereocenters. The summed E-state index contributed by atoms with van der Waals surface area (Å²) < 4.78 is 12.6. The standard InChI is InChI=1S/C27H41NO2Si/c1-26(2,3)31(6,7)30-25-16-18-8-10-21-20(22(18)17-24(25)29-5)12-14-27(4)19(13-15-28)9-11-23(21)27/h13,15-17,20-21,23,28H,8-12,14H2,1-7H3. The highest BCUT2D eigenvalue weighted by molar-refractivity contribution is 6.74. The Morgan fingerprint density at radius 2 is 1.84 bits per heavy atom. The second-order valence-corrected chi connectivity index (χ2v) is 16.6. The lowest BCUT2D eigenvalue weighted by molar-refractivity contribution is 0.0813. The number of hydrogen-bond donors (Lipinski definition) is 1. The average molecular weight is 440 g/mol. The number of benzene rings is 1. The molecule has 4 unspecified atom stereocenters. The third-order valence-corrected chi connectivity index (χ3v) is 13.7. The van der Waals surface area contributed by atoms with Gasteiger partial charge < -0.3 is 14.6 Å². The molecule has 0 aromatic heterocycles. The van der Waals surface area contributed by atoms with E-state index >= 15 is 0 Å². The minimum Gasteiger partial charge on any atom is -0.541 e. The van der Waals surface area contributed by atoms with Crippen LogP contribution in [0.4, 0.5) is 0 Å². The second kappa shape index (κ2) is 7.79. The van der Waals surface area contributed by atoms with Gasteiger partial charge in [-0.2, -0.15) is 0 Å². The number of methoxy groups -OCH3 is 1. The molecular weight excluding hydrogens is 398 g/mol. The fourth-order valence-electron chi connectivity index (χ4n) is 6.47. The number of allylic oxidation sites excluding steroid dienone is 2. The summed E-state index contributed by atoms with van der Waals surface area (Å²) in [7, 11) is -0.139. The van der Waals surface area contributed by atoms with Crippen LogP contribution in [-0.2, 0) is 6.42 Å². The van der Waals surface area contributed by atoms with Gasteiger partial charge >= 0.3 is 0 Å². The van der Waals surface area contributed by atoms with E-state index in [1.165, 1.54) is 55.0 Å². The maximum Gasteiger partial charge on any atom is 0.250 e. The molecule has 0 radical (unpaired) electrons. The van der Waals surface area contributed by atoms with Gasteiger partial charge in [0, 0.05) is 6.21 Å². The molecule has 0 aliphatic heterocycles. The first-order valence-corrected chi connectivity index (χ1v) is 15.0. The van der Waals surface area contributed by atoms with Crippen LogP contribution in [-0.4, -0.2) is 21.6 Å². The molecule has 2 fully saturated rings. The largest absolute Gasteiger partial charge is 0.541 e. The molecule has 3 nitrogen and oxygen atoms in total. The molecular formula is C27H41NO2Si. The van der Waals surface area contributed by atoms with Crippen LogP contribution in [0.3, 0.4) is 0 Å². The Morgan fingerprint density at radius 1 is 1.10 bits per heavy atom. The van der Waals surface area contributed by atoms with Crippen LogP contribution in [0.15, 0.2) is 23.8 Å². The van der Waals surface area contributed by atoms with Crippen molar-refractivity contribution < 1.29 is 9.16 Å². The summed E-state index contributed by atoms with van der Waals surface area (Å²) in [6.45, 7) is 14.0. The van der Waals surface area contributed by atoms with Gasteiger partial charge in [-0.15, -0.1) is 0 Å². The van der Waals surface area contributed by atoms with Crippen molar-refractivity contribution >= 4 is 14.5 Å². The van der Waals surface area contributed by atoms with Gasteiger partial charge in [-0.05, 0) is 109 Å². The van der Waals surface area contributed by atoms with Crippen molar-refractivity contribution in [3.05, 3.63) is 34.9 Å². The zero-order chi connectivity index (χ0) is 22.6. The van der Waals surface area contributed by atoms with Gasteiger partial charge in [-0.25, -0.2) is 0 Å². The summed E-state index contributed by atoms with van der Waals surface area (Å²) in [6, 6.07) is 4.63. The molecule has 170 valence electrons. The first-order valence-electron chi connectivity index (χ1n) is 12.1. The maximum atomic E-state index is 7.58. The quantitative estimate of drug-likeness (QED) is 0.389. The van der Waals surface area contributed by atoms with Crippen LogP contribution in [0.1, 0.15) is 76.8 Å². The van der Waals surface area contributed by atoms with E-state index in [0.717, 1.165) is 29.8 Å². The molecule has 4 rings (SSSR count). The molecule has 4 heteroatoms. The number of nitrogens with one attached hydrogen (secondary N) is 1. The predicted octanol–water partition coefficient (Wildman–Crippen LogP) is 7.51. The Hall–Kier alpha value is -1.55. The van der Waals surface area contributed by atoms with Crippen LogP contribution in [0.25, 0.3) is 0 Å². The number of rotatable bonds is 4. The smallest absolute Gasteiger partial charge is 0.250 e. The van der Waals surface area contributed by atoms with Gasteiger partial charge in [0.1, 0.15) is 5.75 Å². The highest BCUT2D eigenvalue weighted by Gasteiger charge is 2.52. The van der Waals surface area contributed by atoms with Crippen LogP contribution in [0, 0.1) is 22.7 Å².